The Kier molecular flexibility index (Phi) is 6.22. The van der Waals surface area contributed by atoms with Crippen LogP contribution in [0.5, 0.6) is 0 Å². The highest BCUT2D eigenvalue weighted by atomic mass is 15.2. The van der Waals surface area contributed by atoms with Gasteiger partial charge in [0, 0.05) is 12.6 Å². The van der Waals surface area contributed by atoms with Gasteiger partial charge in [0.15, 0.2) is 0 Å². The van der Waals surface area contributed by atoms with Crippen LogP contribution in [0.4, 0.5) is 0 Å². The molecule has 0 aromatic heterocycles. The lowest BCUT2D eigenvalue weighted by atomic mass is 10.2. The fourth-order valence-electron chi connectivity index (χ4n) is 2.17. The van der Waals surface area contributed by atoms with Crippen LogP contribution < -0.4 is 5.32 Å². The summed E-state index contributed by atoms with van der Waals surface area (Å²) in [5.74, 6) is 0. The van der Waals surface area contributed by atoms with E-state index in [1.165, 1.54) is 52.0 Å². The van der Waals surface area contributed by atoms with Crippen molar-refractivity contribution in [1.82, 2.24) is 15.1 Å². The molecule has 0 aromatic carbocycles. The van der Waals surface area contributed by atoms with Crippen LogP contribution in [0.25, 0.3) is 0 Å². The molecular formula is C12H27N3. The van der Waals surface area contributed by atoms with Gasteiger partial charge in [-0.1, -0.05) is 0 Å². The van der Waals surface area contributed by atoms with Gasteiger partial charge < -0.3 is 15.1 Å². The molecule has 3 nitrogen and oxygen atoms in total. The lowest BCUT2D eigenvalue weighted by molar-refractivity contribution is 0.216. The van der Waals surface area contributed by atoms with Gasteiger partial charge in [0.05, 0.1) is 0 Å². The summed E-state index contributed by atoms with van der Waals surface area (Å²) < 4.78 is 0. The lowest BCUT2D eigenvalue weighted by Gasteiger charge is -2.29. The van der Waals surface area contributed by atoms with Crippen molar-refractivity contribution in [2.75, 3.05) is 46.8 Å². The molecule has 1 heterocycles. The molecule has 1 rings (SSSR count). The standard InChI is InChI=1S/C12H27N3/c1-12-11-15(9-5-4-7-13-12)10-6-8-14(2)3/h12-13H,4-11H2,1-3H3. The SMILES string of the molecule is CC1CN(CCCN(C)C)CCCCN1. The molecule has 1 fully saturated rings. The van der Waals surface area contributed by atoms with E-state index in [1.807, 2.05) is 0 Å². The second-order valence-electron chi connectivity index (χ2n) is 5.02. The number of nitrogens with zero attached hydrogens (tertiary/aromatic N) is 2. The van der Waals surface area contributed by atoms with Crippen LogP contribution in [0.15, 0.2) is 0 Å². The highest BCUT2D eigenvalue weighted by molar-refractivity contribution is 4.71. The van der Waals surface area contributed by atoms with E-state index in [9.17, 15) is 0 Å². The smallest absolute Gasteiger partial charge is 0.0166 e. The van der Waals surface area contributed by atoms with Crippen LogP contribution in [0.3, 0.4) is 0 Å². The van der Waals surface area contributed by atoms with E-state index in [-0.39, 0.29) is 0 Å². The van der Waals surface area contributed by atoms with Gasteiger partial charge in [0.1, 0.15) is 0 Å². The maximum absolute atomic E-state index is 3.56. The van der Waals surface area contributed by atoms with Gasteiger partial charge in [0.25, 0.3) is 0 Å². The van der Waals surface area contributed by atoms with Crippen LogP contribution in [0.2, 0.25) is 0 Å². The van der Waals surface area contributed by atoms with Gasteiger partial charge in [-0.2, -0.15) is 0 Å². The minimum atomic E-state index is 0.657. The van der Waals surface area contributed by atoms with Crippen molar-refractivity contribution in [3.63, 3.8) is 0 Å². The molecule has 90 valence electrons. The number of hydrogen-bond donors (Lipinski definition) is 1. The Labute approximate surface area is 94.8 Å². The first kappa shape index (κ1) is 12.9. The Balaban J connectivity index is 2.18. The predicted octanol–water partition coefficient (Wildman–Crippen LogP) is 1.01. The normalized spacial score (nSPS) is 25.2. The van der Waals surface area contributed by atoms with Gasteiger partial charge in [-0.3, -0.25) is 0 Å². The number of rotatable bonds is 4. The molecule has 1 aliphatic heterocycles. The third-order valence-corrected chi connectivity index (χ3v) is 3.01. The van der Waals surface area contributed by atoms with E-state index < -0.39 is 0 Å². The minimum Gasteiger partial charge on any atom is -0.313 e. The van der Waals surface area contributed by atoms with Crippen molar-refractivity contribution in [3.8, 4) is 0 Å². The van der Waals surface area contributed by atoms with Crippen LogP contribution >= 0.6 is 0 Å². The first-order valence-electron chi connectivity index (χ1n) is 6.29. The lowest BCUT2D eigenvalue weighted by Crippen LogP contribution is -2.43. The summed E-state index contributed by atoms with van der Waals surface area (Å²) >= 11 is 0. The van der Waals surface area contributed by atoms with E-state index >= 15 is 0 Å². The van der Waals surface area contributed by atoms with E-state index in [0.29, 0.717) is 6.04 Å². The van der Waals surface area contributed by atoms with Crippen molar-refractivity contribution >= 4 is 0 Å². The second kappa shape index (κ2) is 7.20. The van der Waals surface area contributed by atoms with E-state index in [2.05, 4.69) is 36.1 Å². The second-order valence-corrected chi connectivity index (χ2v) is 5.02. The van der Waals surface area contributed by atoms with E-state index in [0.717, 1.165) is 0 Å². The van der Waals surface area contributed by atoms with Crippen LogP contribution in [0, 0.1) is 0 Å². The van der Waals surface area contributed by atoms with Crippen molar-refractivity contribution in [1.29, 1.82) is 0 Å². The molecule has 0 aromatic rings. The fraction of sp³-hybridized carbons (Fsp3) is 1.00. The fourth-order valence-corrected chi connectivity index (χ4v) is 2.17. The Morgan fingerprint density at radius 1 is 1.33 bits per heavy atom. The summed E-state index contributed by atoms with van der Waals surface area (Å²) in [6, 6.07) is 0.657. The average Bonchev–Trinajstić information content (AvgIpc) is 2.12. The topological polar surface area (TPSA) is 18.5 Å². The molecule has 3 heteroatoms. The third kappa shape index (κ3) is 6.13. The molecule has 15 heavy (non-hydrogen) atoms. The van der Waals surface area contributed by atoms with Crippen LogP contribution in [0.1, 0.15) is 26.2 Å². The quantitative estimate of drug-likeness (QED) is 0.752. The summed E-state index contributed by atoms with van der Waals surface area (Å²) in [4.78, 5) is 4.88. The molecule has 0 bridgehead atoms. The summed E-state index contributed by atoms with van der Waals surface area (Å²) in [5, 5.41) is 3.56. The van der Waals surface area contributed by atoms with Crippen molar-refractivity contribution < 1.29 is 0 Å². The van der Waals surface area contributed by atoms with Gasteiger partial charge in [0.2, 0.25) is 0 Å². The first-order valence-corrected chi connectivity index (χ1v) is 6.29. The molecule has 0 amide bonds. The number of nitrogens with one attached hydrogen (secondary N) is 1. The Morgan fingerprint density at radius 3 is 2.87 bits per heavy atom. The molecule has 0 saturated carbocycles. The Morgan fingerprint density at radius 2 is 2.13 bits per heavy atom. The minimum absolute atomic E-state index is 0.657. The van der Waals surface area contributed by atoms with Gasteiger partial charge >= 0.3 is 0 Å². The van der Waals surface area contributed by atoms with Gasteiger partial charge in [-0.15, -0.1) is 0 Å². The van der Waals surface area contributed by atoms with E-state index in [4.69, 9.17) is 0 Å². The van der Waals surface area contributed by atoms with Crippen LogP contribution in [-0.2, 0) is 0 Å². The third-order valence-electron chi connectivity index (χ3n) is 3.01. The molecule has 1 saturated heterocycles. The van der Waals surface area contributed by atoms with Crippen molar-refractivity contribution in [2.24, 2.45) is 0 Å². The molecule has 1 atom stereocenters. The molecule has 0 spiro atoms. The zero-order chi connectivity index (χ0) is 11.1. The van der Waals surface area contributed by atoms with E-state index in [1.54, 1.807) is 0 Å². The summed E-state index contributed by atoms with van der Waals surface area (Å²) in [7, 11) is 4.30. The molecule has 1 unspecified atom stereocenters. The van der Waals surface area contributed by atoms with Crippen molar-refractivity contribution in [3.05, 3.63) is 0 Å². The molecule has 1 N–H and O–H groups in total. The summed E-state index contributed by atoms with van der Waals surface area (Å²) in [6.45, 7) is 8.46. The van der Waals surface area contributed by atoms with Gasteiger partial charge in [-0.05, 0) is 66.5 Å². The summed E-state index contributed by atoms with van der Waals surface area (Å²) in [6.07, 6.45) is 3.97. The van der Waals surface area contributed by atoms with Gasteiger partial charge in [-0.25, -0.2) is 0 Å². The molecule has 0 aliphatic carbocycles. The highest BCUT2D eigenvalue weighted by Crippen LogP contribution is 2.02. The average molecular weight is 213 g/mol. The predicted molar refractivity (Wildman–Crippen MR) is 66.3 cm³/mol. The van der Waals surface area contributed by atoms with Crippen LogP contribution in [-0.4, -0.2) is 62.7 Å². The maximum atomic E-state index is 3.56. The monoisotopic (exact) mass is 213 g/mol. The maximum Gasteiger partial charge on any atom is 0.0166 e. The number of hydrogen-bond acceptors (Lipinski definition) is 3. The Bertz CT molecular complexity index is 159. The zero-order valence-electron chi connectivity index (χ0n) is 10.6. The zero-order valence-corrected chi connectivity index (χ0v) is 10.6. The molecular weight excluding hydrogens is 186 g/mol. The largest absolute Gasteiger partial charge is 0.313 e. The molecule has 0 radical (unpaired) electrons. The van der Waals surface area contributed by atoms with Crippen molar-refractivity contribution in [2.45, 2.75) is 32.2 Å². The molecule has 1 aliphatic rings. The highest BCUT2D eigenvalue weighted by Gasteiger charge is 2.12. The first-order chi connectivity index (χ1) is 7.18. The Hall–Kier alpha value is -0.120. The summed E-state index contributed by atoms with van der Waals surface area (Å²) in [5.41, 5.74) is 0.